The summed E-state index contributed by atoms with van der Waals surface area (Å²) in [6.07, 6.45) is 7.85. The van der Waals surface area contributed by atoms with Crippen molar-refractivity contribution >= 4 is 0 Å². The third kappa shape index (κ3) is 3.23. The predicted molar refractivity (Wildman–Crippen MR) is 89.9 cm³/mol. The predicted octanol–water partition coefficient (Wildman–Crippen LogP) is 2.94. The zero-order valence-corrected chi connectivity index (χ0v) is 13.8. The average Bonchev–Trinajstić information content (AvgIpc) is 3.28. The van der Waals surface area contributed by atoms with Crippen LogP contribution in [0, 0.1) is 6.92 Å². The Balaban J connectivity index is 1.41. The van der Waals surface area contributed by atoms with Gasteiger partial charge in [-0.2, -0.15) is 4.98 Å². The molecule has 1 fully saturated rings. The summed E-state index contributed by atoms with van der Waals surface area (Å²) in [5.41, 5.74) is 2.45. The lowest BCUT2D eigenvalue weighted by Crippen LogP contribution is -2.34. The molecule has 1 saturated heterocycles. The molecule has 2 aromatic heterocycles. The molecule has 1 atom stereocenters. The second kappa shape index (κ2) is 6.57. The van der Waals surface area contributed by atoms with E-state index in [-0.39, 0.29) is 0 Å². The van der Waals surface area contributed by atoms with Gasteiger partial charge in [-0.25, -0.2) is 4.98 Å². The van der Waals surface area contributed by atoms with E-state index in [9.17, 15) is 0 Å². The van der Waals surface area contributed by atoms with Gasteiger partial charge in [0.2, 0.25) is 5.89 Å². The summed E-state index contributed by atoms with van der Waals surface area (Å²) < 4.78 is 7.38. The zero-order chi connectivity index (χ0) is 16.4. The van der Waals surface area contributed by atoms with E-state index < -0.39 is 0 Å². The van der Waals surface area contributed by atoms with Gasteiger partial charge in [0, 0.05) is 31.2 Å². The van der Waals surface area contributed by atoms with E-state index in [2.05, 4.69) is 44.3 Å². The van der Waals surface area contributed by atoms with E-state index >= 15 is 0 Å². The molecule has 1 aromatic carbocycles. The minimum Gasteiger partial charge on any atom is -0.339 e. The van der Waals surface area contributed by atoms with E-state index in [1.54, 1.807) is 6.20 Å². The fourth-order valence-corrected chi connectivity index (χ4v) is 3.32. The Morgan fingerprint density at radius 1 is 1.25 bits per heavy atom. The molecule has 24 heavy (non-hydrogen) atoms. The first-order chi connectivity index (χ1) is 11.8. The van der Waals surface area contributed by atoms with Gasteiger partial charge in [-0.1, -0.05) is 17.3 Å². The molecule has 6 heteroatoms. The summed E-state index contributed by atoms with van der Waals surface area (Å²) in [6.45, 7) is 4.92. The average molecular weight is 323 g/mol. The van der Waals surface area contributed by atoms with Crippen molar-refractivity contribution in [1.29, 1.82) is 0 Å². The first-order valence-corrected chi connectivity index (χ1v) is 8.38. The molecule has 3 aromatic rings. The van der Waals surface area contributed by atoms with Gasteiger partial charge in [0.25, 0.3) is 0 Å². The minimum absolute atomic E-state index is 0.352. The van der Waals surface area contributed by atoms with Crippen LogP contribution < -0.4 is 0 Å². The molecule has 0 aliphatic carbocycles. The van der Waals surface area contributed by atoms with Crippen LogP contribution in [-0.2, 0) is 6.54 Å². The molecule has 1 unspecified atom stereocenters. The largest absolute Gasteiger partial charge is 0.339 e. The summed E-state index contributed by atoms with van der Waals surface area (Å²) in [4.78, 5) is 11.0. The van der Waals surface area contributed by atoms with Crippen LogP contribution in [0.2, 0.25) is 0 Å². The van der Waals surface area contributed by atoms with Crippen LogP contribution in [0.25, 0.3) is 5.69 Å². The quantitative estimate of drug-likeness (QED) is 0.739. The molecule has 0 spiro atoms. The highest BCUT2D eigenvalue weighted by Crippen LogP contribution is 2.26. The summed E-state index contributed by atoms with van der Waals surface area (Å²) >= 11 is 0. The smallest absolute Gasteiger partial charge is 0.231 e. The number of imidazole rings is 1. The van der Waals surface area contributed by atoms with Crippen LogP contribution >= 0.6 is 0 Å². The lowest BCUT2D eigenvalue weighted by atomic mass is 9.97. The number of nitrogens with zero attached hydrogens (tertiary/aromatic N) is 5. The molecule has 0 N–H and O–H groups in total. The summed E-state index contributed by atoms with van der Waals surface area (Å²) in [6, 6.07) is 8.66. The fraction of sp³-hybridized carbons (Fsp3) is 0.389. The third-order valence-electron chi connectivity index (χ3n) is 4.54. The number of aryl methyl sites for hydroxylation is 1. The minimum atomic E-state index is 0.352. The van der Waals surface area contributed by atoms with Crippen molar-refractivity contribution in [3.8, 4) is 5.69 Å². The number of hydrogen-bond donors (Lipinski definition) is 0. The van der Waals surface area contributed by atoms with Gasteiger partial charge in [-0.05, 0) is 44.0 Å². The van der Waals surface area contributed by atoms with E-state index in [0.717, 1.165) is 43.5 Å². The lowest BCUT2D eigenvalue weighted by molar-refractivity contribution is 0.180. The molecule has 0 saturated carbocycles. The maximum atomic E-state index is 5.36. The molecule has 124 valence electrons. The molecule has 0 amide bonds. The second-order valence-electron chi connectivity index (χ2n) is 6.39. The van der Waals surface area contributed by atoms with Gasteiger partial charge in [0.05, 0.1) is 12.2 Å². The number of piperidine rings is 1. The molecular weight excluding hydrogens is 302 g/mol. The third-order valence-corrected chi connectivity index (χ3v) is 4.54. The van der Waals surface area contributed by atoms with Gasteiger partial charge < -0.3 is 9.09 Å². The second-order valence-corrected chi connectivity index (χ2v) is 6.39. The van der Waals surface area contributed by atoms with E-state index in [4.69, 9.17) is 4.52 Å². The number of benzene rings is 1. The van der Waals surface area contributed by atoms with Crippen LogP contribution in [0.3, 0.4) is 0 Å². The van der Waals surface area contributed by atoms with E-state index in [1.165, 1.54) is 12.0 Å². The standard InChI is InChI=1S/C18H21N5O/c1-14-20-18(24-21-14)16-3-2-9-22(12-16)11-15-4-6-17(7-5-15)23-10-8-19-13-23/h4-8,10,13,16H,2-3,9,11-12H2,1H3. The Labute approximate surface area is 141 Å². The molecule has 1 aliphatic heterocycles. The Hall–Kier alpha value is -2.47. The van der Waals surface area contributed by atoms with Gasteiger partial charge in [0.15, 0.2) is 5.82 Å². The Morgan fingerprint density at radius 2 is 2.12 bits per heavy atom. The molecule has 0 radical (unpaired) electrons. The summed E-state index contributed by atoms with van der Waals surface area (Å²) in [7, 11) is 0. The zero-order valence-electron chi connectivity index (χ0n) is 13.8. The maximum absolute atomic E-state index is 5.36. The molecule has 4 rings (SSSR count). The normalized spacial score (nSPS) is 18.8. The lowest BCUT2D eigenvalue weighted by Gasteiger charge is -2.31. The fourth-order valence-electron chi connectivity index (χ4n) is 3.32. The molecule has 0 bridgehead atoms. The molecule has 1 aliphatic rings. The molecular formula is C18H21N5O. The van der Waals surface area contributed by atoms with Gasteiger partial charge in [0.1, 0.15) is 0 Å². The summed E-state index contributed by atoms with van der Waals surface area (Å²) in [5, 5.41) is 3.92. The topological polar surface area (TPSA) is 60.0 Å². The highest BCUT2D eigenvalue weighted by atomic mass is 16.5. The van der Waals surface area contributed by atoms with Gasteiger partial charge in [-0.3, -0.25) is 4.90 Å². The number of likely N-dealkylation sites (tertiary alicyclic amines) is 1. The van der Waals surface area contributed by atoms with E-state index in [0.29, 0.717) is 5.92 Å². The monoisotopic (exact) mass is 323 g/mol. The van der Waals surface area contributed by atoms with Gasteiger partial charge >= 0.3 is 0 Å². The van der Waals surface area contributed by atoms with Crippen molar-refractivity contribution in [2.75, 3.05) is 13.1 Å². The highest BCUT2D eigenvalue weighted by molar-refractivity contribution is 5.34. The SMILES string of the molecule is Cc1noc(C2CCCN(Cc3ccc(-n4ccnc4)cc3)C2)n1. The Bertz CT molecular complexity index is 778. The Morgan fingerprint density at radius 3 is 2.83 bits per heavy atom. The Kier molecular flexibility index (Phi) is 4.13. The molecule has 6 nitrogen and oxygen atoms in total. The van der Waals surface area contributed by atoms with Crippen molar-refractivity contribution in [3.05, 3.63) is 60.3 Å². The van der Waals surface area contributed by atoms with Crippen LogP contribution in [-0.4, -0.2) is 37.7 Å². The molecule has 3 heterocycles. The first-order valence-electron chi connectivity index (χ1n) is 8.38. The van der Waals surface area contributed by atoms with Crippen molar-refractivity contribution in [3.63, 3.8) is 0 Å². The highest BCUT2D eigenvalue weighted by Gasteiger charge is 2.25. The van der Waals surface area contributed by atoms with Crippen LogP contribution in [0.5, 0.6) is 0 Å². The van der Waals surface area contributed by atoms with Crippen molar-refractivity contribution < 1.29 is 4.52 Å². The van der Waals surface area contributed by atoms with E-state index in [1.807, 2.05) is 24.0 Å². The van der Waals surface area contributed by atoms with Gasteiger partial charge in [-0.15, -0.1) is 0 Å². The number of rotatable bonds is 4. The summed E-state index contributed by atoms with van der Waals surface area (Å²) in [5.74, 6) is 1.86. The van der Waals surface area contributed by atoms with Crippen molar-refractivity contribution in [2.45, 2.75) is 32.2 Å². The number of hydrogen-bond acceptors (Lipinski definition) is 5. The number of aromatic nitrogens is 4. The van der Waals surface area contributed by atoms with Crippen molar-refractivity contribution in [2.24, 2.45) is 0 Å². The van der Waals surface area contributed by atoms with Crippen LogP contribution in [0.4, 0.5) is 0 Å². The van der Waals surface area contributed by atoms with Crippen LogP contribution in [0.1, 0.15) is 36.0 Å². The first kappa shape index (κ1) is 15.1. The van der Waals surface area contributed by atoms with Crippen molar-refractivity contribution in [1.82, 2.24) is 24.6 Å². The maximum Gasteiger partial charge on any atom is 0.231 e. The van der Waals surface area contributed by atoms with Crippen LogP contribution in [0.15, 0.2) is 47.5 Å².